The van der Waals surface area contributed by atoms with Crippen molar-refractivity contribution < 1.29 is 70.9 Å². The summed E-state index contributed by atoms with van der Waals surface area (Å²) in [6.07, 6.45) is -10.8. The zero-order valence-electron chi connectivity index (χ0n) is 15.1. The van der Waals surface area contributed by atoms with Gasteiger partial charge < -0.3 is 4.74 Å². The molecule has 0 spiro atoms. The third-order valence-corrected chi connectivity index (χ3v) is 1.18. The highest BCUT2D eigenvalue weighted by Crippen LogP contribution is 2.39. The van der Waals surface area contributed by atoms with E-state index < -0.39 is 45.2 Å². The Morgan fingerprint density at radius 2 is 0.867 bits per heavy atom. The standard InChI is InChI=1S/C5H4F8O.C2H4F2O.C2H5F.3CH3F.2CH4/c6-1-3(8,9)5(12,13)14-4(10,11)2-7;3-1-5-2-4;1-2-3;3*1-2;;/h1-2H2;1-2H2;2H2,1H3;3*1H3;2*1H4. The summed E-state index contributed by atoms with van der Waals surface area (Å²) in [4.78, 5) is 0. The van der Waals surface area contributed by atoms with Crippen LogP contribution in [0.2, 0.25) is 0 Å². The van der Waals surface area contributed by atoms with Gasteiger partial charge in [0.2, 0.25) is 0 Å². The molecular formula is C14H30F14O2. The number of hydrogen-bond donors (Lipinski definition) is 0. The minimum Gasteiger partial charge on any atom is -0.319 e. The van der Waals surface area contributed by atoms with E-state index in [0.29, 0.717) is 21.5 Å². The average Bonchev–Trinajstić information content (AvgIpc) is 2.67. The number of alkyl halides is 14. The third-order valence-electron chi connectivity index (χ3n) is 1.18. The van der Waals surface area contributed by atoms with Crippen LogP contribution in [0.25, 0.3) is 0 Å². The quantitative estimate of drug-likeness (QED) is 0.338. The van der Waals surface area contributed by atoms with E-state index in [0.717, 1.165) is 0 Å². The second-order valence-corrected chi connectivity index (χ2v) is 2.92. The van der Waals surface area contributed by atoms with Crippen LogP contribution in [-0.2, 0) is 9.47 Å². The van der Waals surface area contributed by atoms with Gasteiger partial charge in [0.15, 0.2) is 27.1 Å². The van der Waals surface area contributed by atoms with Gasteiger partial charge >= 0.3 is 18.1 Å². The van der Waals surface area contributed by atoms with Gasteiger partial charge in [-0.25, -0.2) is 22.3 Å². The van der Waals surface area contributed by atoms with Crippen molar-refractivity contribution >= 4 is 0 Å². The summed E-state index contributed by atoms with van der Waals surface area (Å²) in [5, 5.41) is 0. The molecule has 0 N–H and O–H groups in total. The Balaban J connectivity index is -0.0000000423. The lowest BCUT2D eigenvalue weighted by Gasteiger charge is -2.26. The lowest BCUT2D eigenvalue weighted by atomic mass is 10.3. The minimum absolute atomic E-state index is 0. The summed E-state index contributed by atoms with van der Waals surface area (Å²) in [5.74, 6) is -5.42. The van der Waals surface area contributed by atoms with E-state index in [1.54, 1.807) is 0 Å². The van der Waals surface area contributed by atoms with Crippen LogP contribution in [0.3, 0.4) is 0 Å². The van der Waals surface area contributed by atoms with Gasteiger partial charge in [-0.3, -0.25) is 17.6 Å². The normalized spacial score (nSPS) is 9.40. The second-order valence-electron chi connectivity index (χ2n) is 2.92. The SMILES string of the molecule is C.C.CCF.CF.CF.CF.FCC(F)(F)OC(F)(F)C(F)(F)CF.FCOCF. The van der Waals surface area contributed by atoms with Crippen LogP contribution in [0.5, 0.6) is 0 Å². The number of halogens is 14. The minimum atomic E-state index is -5.77. The number of ether oxygens (including phenoxy) is 2. The van der Waals surface area contributed by atoms with Gasteiger partial charge in [-0.05, 0) is 6.92 Å². The molecule has 30 heavy (non-hydrogen) atoms. The highest BCUT2D eigenvalue weighted by atomic mass is 19.3. The summed E-state index contributed by atoms with van der Waals surface area (Å²) in [6.45, 7) is -6.47. The topological polar surface area (TPSA) is 18.5 Å². The first-order valence-electron chi connectivity index (χ1n) is 6.25. The van der Waals surface area contributed by atoms with Gasteiger partial charge in [-0.15, -0.1) is 0 Å². The van der Waals surface area contributed by atoms with E-state index in [9.17, 15) is 61.5 Å². The molecule has 0 unspecified atom stereocenters. The van der Waals surface area contributed by atoms with Crippen molar-refractivity contribution in [2.24, 2.45) is 0 Å². The fraction of sp³-hybridized carbons (Fsp3) is 1.00. The summed E-state index contributed by atoms with van der Waals surface area (Å²) < 4.78 is 159. The van der Waals surface area contributed by atoms with Crippen molar-refractivity contribution in [3.8, 4) is 0 Å². The lowest BCUT2D eigenvalue weighted by Crippen LogP contribution is -2.49. The molecule has 0 aliphatic rings. The largest absolute Gasteiger partial charge is 0.426 e. The van der Waals surface area contributed by atoms with E-state index in [4.69, 9.17) is 0 Å². The summed E-state index contributed by atoms with van der Waals surface area (Å²) in [5.41, 5.74) is 0. The molecule has 0 rings (SSSR count). The molecule has 0 aromatic rings. The van der Waals surface area contributed by atoms with E-state index in [2.05, 4.69) is 9.47 Å². The van der Waals surface area contributed by atoms with Gasteiger partial charge in [0.05, 0.1) is 28.2 Å². The molecule has 0 aliphatic carbocycles. The van der Waals surface area contributed by atoms with Crippen molar-refractivity contribution in [3.63, 3.8) is 0 Å². The zero-order chi connectivity index (χ0) is 24.4. The molecule has 0 fully saturated rings. The van der Waals surface area contributed by atoms with Gasteiger partial charge in [-0.2, -0.15) is 26.3 Å². The molecular weight excluding hydrogens is 466 g/mol. The molecule has 2 nitrogen and oxygen atoms in total. The molecule has 0 atom stereocenters. The van der Waals surface area contributed by atoms with Crippen LogP contribution in [-0.4, -0.2) is 73.4 Å². The average molecular weight is 496 g/mol. The second kappa shape index (κ2) is 35.4. The molecule has 196 valence electrons. The van der Waals surface area contributed by atoms with Crippen molar-refractivity contribution in [2.45, 2.75) is 39.9 Å². The third kappa shape index (κ3) is 37.7. The maximum Gasteiger partial charge on any atom is 0.426 e. The summed E-state index contributed by atoms with van der Waals surface area (Å²) in [7, 11) is 1.50. The number of hydrogen-bond acceptors (Lipinski definition) is 2. The number of rotatable bonds is 7. The van der Waals surface area contributed by atoms with Gasteiger partial charge in [0.25, 0.3) is 0 Å². The predicted molar refractivity (Wildman–Crippen MR) is 87.1 cm³/mol. The Bertz CT molecular complexity index is 257. The Kier molecular flexibility index (Phi) is 60.8. The molecule has 0 aliphatic heterocycles. The van der Waals surface area contributed by atoms with Crippen molar-refractivity contribution in [1.29, 1.82) is 0 Å². The van der Waals surface area contributed by atoms with Crippen molar-refractivity contribution in [1.82, 2.24) is 0 Å². The van der Waals surface area contributed by atoms with Crippen LogP contribution in [0.15, 0.2) is 0 Å². The highest BCUT2D eigenvalue weighted by molar-refractivity contribution is 4.77. The maximum absolute atomic E-state index is 12.0. The molecule has 0 saturated heterocycles. The van der Waals surface area contributed by atoms with E-state index in [-0.39, 0.29) is 21.5 Å². The fourth-order valence-electron chi connectivity index (χ4n) is 0.396. The van der Waals surface area contributed by atoms with E-state index >= 15 is 0 Å². The highest BCUT2D eigenvalue weighted by Gasteiger charge is 2.62. The monoisotopic (exact) mass is 496 g/mol. The van der Waals surface area contributed by atoms with Gasteiger partial charge in [-0.1, -0.05) is 14.9 Å². The van der Waals surface area contributed by atoms with Crippen LogP contribution >= 0.6 is 0 Å². The molecule has 0 aromatic carbocycles. The molecule has 0 amide bonds. The molecule has 0 aromatic heterocycles. The van der Waals surface area contributed by atoms with E-state index in [1.807, 2.05) is 0 Å². The van der Waals surface area contributed by atoms with E-state index in [1.165, 1.54) is 6.92 Å². The predicted octanol–water partition coefficient (Wildman–Crippen LogP) is 7.63. The first-order valence-corrected chi connectivity index (χ1v) is 6.25. The lowest BCUT2D eigenvalue weighted by molar-refractivity contribution is -0.432. The first kappa shape index (κ1) is 51.5. The summed E-state index contributed by atoms with van der Waals surface area (Å²) >= 11 is 0. The smallest absolute Gasteiger partial charge is 0.319 e. The maximum atomic E-state index is 12.0. The fourth-order valence-corrected chi connectivity index (χ4v) is 0.396. The molecule has 0 saturated carbocycles. The Labute approximate surface area is 167 Å². The Morgan fingerprint density at radius 1 is 0.600 bits per heavy atom. The molecule has 0 heterocycles. The van der Waals surface area contributed by atoms with Crippen LogP contribution < -0.4 is 0 Å². The first-order chi connectivity index (χ1) is 12.9. The Morgan fingerprint density at radius 3 is 1.00 bits per heavy atom. The van der Waals surface area contributed by atoms with Crippen LogP contribution in [0.4, 0.5) is 61.5 Å². The van der Waals surface area contributed by atoms with Crippen LogP contribution in [0.1, 0.15) is 21.8 Å². The molecule has 16 heteroatoms. The van der Waals surface area contributed by atoms with Gasteiger partial charge in [0, 0.05) is 0 Å². The van der Waals surface area contributed by atoms with Gasteiger partial charge in [0.1, 0.15) is 0 Å². The molecule has 0 bridgehead atoms. The van der Waals surface area contributed by atoms with Crippen LogP contribution in [0, 0.1) is 0 Å². The zero-order valence-corrected chi connectivity index (χ0v) is 15.1. The summed E-state index contributed by atoms with van der Waals surface area (Å²) in [6, 6.07) is 0. The van der Waals surface area contributed by atoms with Crippen molar-refractivity contribution in [3.05, 3.63) is 0 Å². The Hall–Kier alpha value is -1.06. The molecule has 0 radical (unpaired) electrons. The van der Waals surface area contributed by atoms with Crippen molar-refractivity contribution in [2.75, 3.05) is 55.3 Å².